The van der Waals surface area contributed by atoms with Gasteiger partial charge in [0.25, 0.3) is 5.91 Å². The third-order valence-corrected chi connectivity index (χ3v) is 7.38. The van der Waals surface area contributed by atoms with Crippen LogP contribution >= 0.6 is 11.6 Å². The van der Waals surface area contributed by atoms with Crippen molar-refractivity contribution in [1.29, 1.82) is 0 Å². The number of hydrogen-bond donors (Lipinski definition) is 0. The van der Waals surface area contributed by atoms with Gasteiger partial charge >= 0.3 is 0 Å². The fraction of sp³-hybridized carbons (Fsp3) is 0.474. The molecule has 1 aliphatic heterocycles. The number of aromatic nitrogens is 2. The first kappa shape index (κ1) is 21.6. The third kappa shape index (κ3) is 4.57. The SMILES string of the molecule is CCn1nc(C)c(S(=O)(=O)N2CCN(C(=O)COc3ccc(Cl)cc3)CC2)c1C. The second-order valence-corrected chi connectivity index (χ2v) is 9.15. The first-order valence-corrected chi connectivity index (χ1v) is 11.3. The molecule has 0 N–H and O–H groups in total. The largest absolute Gasteiger partial charge is 0.484 e. The summed E-state index contributed by atoms with van der Waals surface area (Å²) in [5.74, 6) is 0.381. The summed E-state index contributed by atoms with van der Waals surface area (Å²) in [6.45, 7) is 7.03. The molecule has 10 heteroatoms. The van der Waals surface area contributed by atoms with Gasteiger partial charge in [-0.3, -0.25) is 9.48 Å². The predicted octanol–water partition coefficient (Wildman–Crippen LogP) is 2.09. The molecule has 0 saturated carbocycles. The minimum atomic E-state index is -3.65. The zero-order valence-corrected chi connectivity index (χ0v) is 18.3. The van der Waals surface area contributed by atoms with Crippen LogP contribution in [0.3, 0.4) is 0 Å². The summed E-state index contributed by atoms with van der Waals surface area (Å²) in [5.41, 5.74) is 1.14. The van der Waals surface area contributed by atoms with Gasteiger partial charge in [0.15, 0.2) is 6.61 Å². The summed E-state index contributed by atoms with van der Waals surface area (Å²) in [4.78, 5) is 14.3. The maximum absolute atomic E-state index is 13.1. The number of ether oxygens (including phenoxy) is 1. The molecule has 1 aromatic heterocycles. The van der Waals surface area contributed by atoms with E-state index in [1.165, 1.54) is 4.31 Å². The molecule has 29 heavy (non-hydrogen) atoms. The van der Waals surface area contributed by atoms with Crippen LogP contribution in [-0.4, -0.2) is 66.1 Å². The molecule has 0 unspecified atom stereocenters. The van der Waals surface area contributed by atoms with Crippen molar-refractivity contribution >= 4 is 27.5 Å². The van der Waals surface area contributed by atoms with Crippen molar-refractivity contribution in [2.24, 2.45) is 0 Å². The molecule has 0 aliphatic carbocycles. The van der Waals surface area contributed by atoms with Crippen LogP contribution in [0.5, 0.6) is 5.75 Å². The molecule has 1 aromatic carbocycles. The van der Waals surface area contributed by atoms with Crippen molar-refractivity contribution in [2.45, 2.75) is 32.2 Å². The van der Waals surface area contributed by atoms with Crippen LogP contribution in [0.25, 0.3) is 0 Å². The molecule has 8 nitrogen and oxygen atoms in total. The average Bonchev–Trinajstić information content (AvgIpc) is 3.01. The number of hydrogen-bond acceptors (Lipinski definition) is 5. The van der Waals surface area contributed by atoms with Gasteiger partial charge in [0, 0.05) is 37.7 Å². The lowest BCUT2D eigenvalue weighted by Gasteiger charge is -2.34. The number of halogens is 1. The summed E-state index contributed by atoms with van der Waals surface area (Å²) < 4.78 is 34.8. The predicted molar refractivity (Wildman–Crippen MR) is 110 cm³/mol. The number of nitrogens with zero attached hydrogens (tertiary/aromatic N) is 4. The van der Waals surface area contributed by atoms with E-state index in [1.807, 2.05) is 6.92 Å². The normalized spacial score (nSPS) is 15.5. The molecule has 158 valence electrons. The van der Waals surface area contributed by atoms with Gasteiger partial charge in [0.1, 0.15) is 10.6 Å². The number of rotatable bonds is 6. The summed E-state index contributed by atoms with van der Waals surface area (Å²) in [6, 6.07) is 6.77. The van der Waals surface area contributed by atoms with Gasteiger partial charge < -0.3 is 9.64 Å². The van der Waals surface area contributed by atoms with Gasteiger partial charge in [0.05, 0.1) is 11.4 Å². The minimum absolute atomic E-state index is 0.101. The second kappa shape index (κ2) is 8.73. The van der Waals surface area contributed by atoms with Crippen LogP contribution in [0.1, 0.15) is 18.3 Å². The highest BCUT2D eigenvalue weighted by molar-refractivity contribution is 7.89. The van der Waals surface area contributed by atoms with Crippen LogP contribution in [0.2, 0.25) is 5.02 Å². The number of piperazine rings is 1. The summed E-state index contributed by atoms with van der Waals surface area (Å²) in [5, 5.41) is 4.91. The third-order valence-electron chi connectivity index (χ3n) is 4.98. The monoisotopic (exact) mass is 440 g/mol. The molecule has 1 aliphatic rings. The van der Waals surface area contributed by atoms with Gasteiger partial charge in [-0.05, 0) is 45.0 Å². The van der Waals surface area contributed by atoms with Crippen LogP contribution in [-0.2, 0) is 21.4 Å². The van der Waals surface area contributed by atoms with Gasteiger partial charge in [0.2, 0.25) is 10.0 Å². The zero-order valence-electron chi connectivity index (χ0n) is 16.8. The number of aryl methyl sites for hydroxylation is 2. The van der Waals surface area contributed by atoms with Crippen LogP contribution in [0.4, 0.5) is 0 Å². The van der Waals surface area contributed by atoms with E-state index in [1.54, 1.807) is 47.7 Å². The van der Waals surface area contributed by atoms with E-state index in [4.69, 9.17) is 16.3 Å². The fourth-order valence-corrected chi connectivity index (χ4v) is 5.36. The lowest BCUT2D eigenvalue weighted by atomic mass is 10.3. The maximum atomic E-state index is 13.1. The van der Waals surface area contributed by atoms with Crippen molar-refractivity contribution in [3.05, 3.63) is 40.7 Å². The fourth-order valence-electron chi connectivity index (χ4n) is 3.44. The quantitative estimate of drug-likeness (QED) is 0.686. The van der Waals surface area contributed by atoms with E-state index in [0.29, 0.717) is 41.8 Å². The second-order valence-electron chi connectivity index (χ2n) is 6.84. The Hall–Kier alpha value is -2.10. The Labute approximate surface area is 176 Å². The molecule has 0 bridgehead atoms. The van der Waals surface area contributed by atoms with Crippen LogP contribution in [0.15, 0.2) is 29.2 Å². The number of carbonyl (C=O) groups excluding carboxylic acids is 1. The minimum Gasteiger partial charge on any atom is -0.484 e. The number of amides is 1. The lowest BCUT2D eigenvalue weighted by Crippen LogP contribution is -2.51. The van der Waals surface area contributed by atoms with Gasteiger partial charge in [-0.1, -0.05) is 11.6 Å². The summed E-state index contributed by atoms with van der Waals surface area (Å²) in [7, 11) is -3.65. The standard InChI is InChI=1S/C19H25ClN4O4S/c1-4-24-15(3)19(14(2)21-24)29(26,27)23-11-9-22(10-12-23)18(25)13-28-17-7-5-16(20)6-8-17/h5-8H,4,9-13H2,1-3H3. The van der Waals surface area contributed by atoms with E-state index in [-0.39, 0.29) is 30.5 Å². The Kier molecular flexibility index (Phi) is 6.50. The van der Waals surface area contributed by atoms with E-state index < -0.39 is 10.0 Å². The number of benzene rings is 1. The number of carbonyl (C=O) groups is 1. The highest BCUT2D eigenvalue weighted by Gasteiger charge is 2.34. The molecule has 2 heterocycles. The smallest absolute Gasteiger partial charge is 0.260 e. The van der Waals surface area contributed by atoms with Gasteiger partial charge in [-0.15, -0.1) is 0 Å². The molecular formula is C19H25ClN4O4S. The maximum Gasteiger partial charge on any atom is 0.260 e. The Bertz CT molecular complexity index is 980. The van der Waals surface area contributed by atoms with Crippen LogP contribution < -0.4 is 4.74 Å². The van der Waals surface area contributed by atoms with Crippen molar-refractivity contribution in [2.75, 3.05) is 32.8 Å². The molecular weight excluding hydrogens is 416 g/mol. The summed E-state index contributed by atoms with van der Waals surface area (Å²) >= 11 is 5.83. The lowest BCUT2D eigenvalue weighted by molar-refractivity contribution is -0.134. The van der Waals surface area contributed by atoms with Crippen LogP contribution in [0, 0.1) is 13.8 Å². The molecule has 3 rings (SSSR count). The Morgan fingerprint density at radius 1 is 1.14 bits per heavy atom. The van der Waals surface area contributed by atoms with E-state index in [9.17, 15) is 13.2 Å². The molecule has 2 aromatic rings. The zero-order chi connectivity index (χ0) is 21.2. The highest BCUT2D eigenvalue weighted by atomic mass is 35.5. The average molecular weight is 441 g/mol. The van der Waals surface area contributed by atoms with E-state index in [2.05, 4.69) is 5.10 Å². The van der Waals surface area contributed by atoms with Crippen molar-refractivity contribution in [3.8, 4) is 5.75 Å². The Morgan fingerprint density at radius 2 is 1.76 bits per heavy atom. The molecule has 1 saturated heterocycles. The van der Waals surface area contributed by atoms with Crippen molar-refractivity contribution in [3.63, 3.8) is 0 Å². The topological polar surface area (TPSA) is 84.7 Å². The Morgan fingerprint density at radius 3 is 2.31 bits per heavy atom. The van der Waals surface area contributed by atoms with Crippen molar-refractivity contribution in [1.82, 2.24) is 19.0 Å². The van der Waals surface area contributed by atoms with Gasteiger partial charge in [-0.25, -0.2) is 8.42 Å². The van der Waals surface area contributed by atoms with Crippen molar-refractivity contribution < 1.29 is 17.9 Å². The van der Waals surface area contributed by atoms with E-state index >= 15 is 0 Å². The molecule has 0 spiro atoms. The molecule has 1 fully saturated rings. The number of sulfonamides is 1. The summed E-state index contributed by atoms with van der Waals surface area (Å²) in [6.07, 6.45) is 0. The van der Waals surface area contributed by atoms with E-state index in [0.717, 1.165) is 0 Å². The Balaban J connectivity index is 1.60. The molecule has 0 radical (unpaired) electrons. The molecule has 0 atom stereocenters. The highest BCUT2D eigenvalue weighted by Crippen LogP contribution is 2.24. The van der Waals surface area contributed by atoms with Gasteiger partial charge in [-0.2, -0.15) is 9.40 Å². The first-order chi connectivity index (χ1) is 13.7. The molecule has 1 amide bonds. The first-order valence-electron chi connectivity index (χ1n) is 9.44.